The van der Waals surface area contributed by atoms with E-state index in [9.17, 15) is 14.9 Å². The van der Waals surface area contributed by atoms with E-state index in [0.29, 0.717) is 22.4 Å². The van der Waals surface area contributed by atoms with Crippen LogP contribution in [-0.2, 0) is 18.3 Å². The molecule has 0 atom stereocenters. The molecule has 39 heavy (non-hydrogen) atoms. The summed E-state index contributed by atoms with van der Waals surface area (Å²) in [5, 5.41) is 25.1. The summed E-state index contributed by atoms with van der Waals surface area (Å²) < 4.78 is 23.1. The first-order valence-corrected chi connectivity index (χ1v) is 12.2. The molecule has 0 spiro atoms. The Balaban J connectivity index is 1.66. The molecule has 3 aromatic carbocycles. The van der Waals surface area contributed by atoms with E-state index in [2.05, 4.69) is 26.7 Å². The summed E-state index contributed by atoms with van der Waals surface area (Å²) in [5.41, 5.74) is 1.05. The normalized spacial score (nSPS) is 11.5. The molecule has 0 fully saturated rings. The fraction of sp³-hybridized carbons (Fsp3) is 0.207. The number of carbonyl (C=O) groups is 1. The number of aromatic nitrogens is 4. The highest BCUT2D eigenvalue weighted by Crippen LogP contribution is 2.38. The Hall–Kier alpha value is -5.04. The molecule has 2 heterocycles. The van der Waals surface area contributed by atoms with E-state index in [1.165, 1.54) is 18.3 Å². The third kappa shape index (κ3) is 4.70. The van der Waals surface area contributed by atoms with Crippen LogP contribution in [-0.4, -0.2) is 31.7 Å². The van der Waals surface area contributed by atoms with E-state index in [1.54, 1.807) is 32.5 Å². The first-order valence-electron chi connectivity index (χ1n) is 12.2. The van der Waals surface area contributed by atoms with Gasteiger partial charge in [0.25, 0.3) is 5.56 Å². The second-order valence-corrected chi connectivity index (χ2v) is 10.1. The Morgan fingerprint density at radius 3 is 2.59 bits per heavy atom. The Kier molecular flexibility index (Phi) is 6.36. The smallest absolute Gasteiger partial charge is 0.407 e. The maximum atomic E-state index is 16.3. The maximum Gasteiger partial charge on any atom is 0.407 e. The molecule has 0 aliphatic carbocycles. The highest BCUT2D eigenvalue weighted by molar-refractivity contribution is 5.98. The first-order chi connectivity index (χ1) is 18.6. The molecule has 0 radical (unpaired) electrons. The van der Waals surface area contributed by atoms with Gasteiger partial charge in [0.2, 0.25) is 0 Å². The summed E-state index contributed by atoms with van der Waals surface area (Å²) in [6.45, 7) is 5.01. The lowest BCUT2D eigenvalue weighted by molar-refractivity contribution is 0.0523. The lowest BCUT2D eigenvalue weighted by atomic mass is 9.93. The number of aromatic amines is 1. The first kappa shape index (κ1) is 25.6. The van der Waals surface area contributed by atoms with Gasteiger partial charge in [0.15, 0.2) is 0 Å². The van der Waals surface area contributed by atoms with Gasteiger partial charge in [0, 0.05) is 34.5 Å². The highest BCUT2D eigenvalue weighted by atomic mass is 19.1. The van der Waals surface area contributed by atoms with Crippen LogP contribution >= 0.6 is 0 Å². The summed E-state index contributed by atoms with van der Waals surface area (Å²) in [5.74, 6) is -0.694. The van der Waals surface area contributed by atoms with E-state index in [0.717, 1.165) is 10.8 Å². The van der Waals surface area contributed by atoms with Gasteiger partial charge in [0.05, 0.1) is 35.1 Å². The van der Waals surface area contributed by atoms with Gasteiger partial charge in [-0.2, -0.15) is 15.5 Å². The summed E-state index contributed by atoms with van der Waals surface area (Å²) in [6.07, 6.45) is 0.824. The van der Waals surface area contributed by atoms with Crippen LogP contribution in [0.3, 0.4) is 0 Å². The van der Waals surface area contributed by atoms with Crippen LogP contribution in [0.2, 0.25) is 0 Å². The number of rotatable bonds is 4. The molecule has 9 nitrogen and oxygen atoms in total. The van der Waals surface area contributed by atoms with Crippen LogP contribution in [0.1, 0.15) is 32.0 Å². The number of fused-ring (bicyclic) bond motifs is 2. The number of hydrogen-bond donors (Lipinski definition) is 2. The average molecular weight is 525 g/mol. The molecule has 2 aromatic heterocycles. The van der Waals surface area contributed by atoms with Crippen molar-refractivity contribution in [3.05, 3.63) is 82.2 Å². The second-order valence-electron chi connectivity index (χ2n) is 10.1. The molecule has 2 N–H and O–H groups in total. The number of ether oxygens (including phenoxy) is 1. The number of hydrogen-bond acceptors (Lipinski definition) is 6. The van der Waals surface area contributed by atoms with E-state index in [4.69, 9.17) is 4.74 Å². The van der Waals surface area contributed by atoms with E-state index in [1.807, 2.05) is 36.4 Å². The van der Waals surface area contributed by atoms with Crippen molar-refractivity contribution in [2.45, 2.75) is 32.9 Å². The number of nitrogens with zero attached hydrogens (tertiary/aromatic N) is 4. The van der Waals surface area contributed by atoms with Gasteiger partial charge in [0.1, 0.15) is 17.5 Å². The van der Waals surface area contributed by atoms with Gasteiger partial charge in [-0.3, -0.25) is 9.48 Å². The van der Waals surface area contributed by atoms with Crippen LogP contribution in [0.4, 0.5) is 9.18 Å². The lowest BCUT2D eigenvalue weighted by Gasteiger charge is -2.19. The molecule has 0 saturated carbocycles. The Labute approximate surface area is 222 Å². The lowest BCUT2D eigenvalue weighted by Crippen LogP contribution is -2.32. The molecule has 1 amide bonds. The van der Waals surface area contributed by atoms with E-state index >= 15 is 4.39 Å². The topological polar surface area (TPSA) is 126 Å². The number of carbonyl (C=O) groups excluding carboxylic acids is 1. The van der Waals surface area contributed by atoms with Crippen LogP contribution in [0.25, 0.3) is 43.9 Å². The highest BCUT2D eigenvalue weighted by Gasteiger charge is 2.23. The Morgan fingerprint density at radius 2 is 1.85 bits per heavy atom. The number of H-pyrrole nitrogens is 1. The molecule has 0 aliphatic heterocycles. The van der Waals surface area contributed by atoms with Crippen molar-refractivity contribution in [3.63, 3.8) is 0 Å². The van der Waals surface area contributed by atoms with Gasteiger partial charge in [-0.25, -0.2) is 14.3 Å². The number of halogens is 1. The Bertz CT molecular complexity index is 1860. The fourth-order valence-electron chi connectivity index (χ4n) is 4.63. The third-order valence-corrected chi connectivity index (χ3v) is 6.29. The van der Waals surface area contributed by atoms with E-state index < -0.39 is 23.1 Å². The van der Waals surface area contributed by atoms with Crippen molar-refractivity contribution in [1.29, 1.82) is 5.26 Å². The molecule has 0 aliphatic rings. The van der Waals surface area contributed by atoms with Crippen LogP contribution in [0.15, 0.2) is 59.5 Å². The van der Waals surface area contributed by atoms with Crippen LogP contribution in [0, 0.1) is 17.1 Å². The van der Waals surface area contributed by atoms with Gasteiger partial charge >= 0.3 is 6.09 Å². The minimum absolute atomic E-state index is 0.0267. The number of alkyl carbamates (subject to hydrolysis) is 1. The molecule has 196 valence electrons. The van der Waals surface area contributed by atoms with Gasteiger partial charge in [-0.15, -0.1) is 0 Å². The monoisotopic (exact) mass is 524 g/mol. The second kappa shape index (κ2) is 9.68. The zero-order chi connectivity index (χ0) is 27.9. The molecular formula is C29H25FN6O3. The minimum Gasteiger partial charge on any atom is -0.444 e. The Morgan fingerprint density at radius 1 is 1.10 bits per heavy atom. The SMILES string of the molecule is Cn1ncc(-c2ccc3c(=O)[nH]nc(CNC(=O)OC(C)(C)C)c3c2F)c1-c1ccc2ccccc2c1C#N. The van der Waals surface area contributed by atoms with Gasteiger partial charge in [-0.05, 0) is 32.2 Å². The molecule has 0 unspecified atom stereocenters. The minimum atomic E-state index is -0.718. The van der Waals surface area contributed by atoms with Crippen LogP contribution in [0.5, 0.6) is 0 Å². The van der Waals surface area contributed by atoms with Gasteiger partial charge in [-0.1, -0.05) is 42.5 Å². The average Bonchev–Trinajstić information content (AvgIpc) is 3.27. The quantitative estimate of drug-likeness (QED) is 0.334. The number of benzene rings is 3. The van der Waals surface area contributed by atoms with Crippen molar-refractivity contribution >= 4 is 27.6 Å². The number of nitrogens with one attached hydrogen (secondary N) is 2. The molecule has 0 bridgehead atoms. The molecule has 5 rings (SSSR count). The van der Waals surface area contributed by atoms with Gasteiger partial charge < -0.3 is 10.1 Å². The van der Waals surface area contributed by atoms with Crippen molar-refractivity contribution < 1.29 is 13.9 Å². The summed E-state index contributed by atoms with van der Waals surface area (Å²) in [7, 11) is 1.72. The maximum absolute atomic E-state index is 16.3. The number of nitriles is 1. The van der Waals surface area contributed by atoms with Crippen molar-refractivity contribution in [3.8, 4) is 28.5 Å². The van der Waals surface area contributed by atoms with Crippen molar-refractivity contribution in [2.75, 3.05) is 0 Å². The van der Waals surface area contributed by atoms with Crippen molar-refractivity contribution in [2.24, 2.45) is 7.05 Å². The number of aryl methyl sites for hydroxylation is 1. The van der Waals surface area contributed by atoms with Crippen LogP contribution < -0.4 is 10.9 Å². The predicted molar refractivity (Wildman–Crippen MR) is 145 cm³/mol. The molecule has 10 heteroatoms. The zero-order valence-corrected chi connectivity index (χ0v) is 21.8. The molecule has 0 saturated heterocycles. The summed E-state index contributed by atoms with van der Waals surface area (Å²) in [4.78, 5) is 24.7. The molecule has 5 aromatic rings. The van der Waals surface area contributed by atoms with E-state index in [-0.39, 0.29) is 28.6 Å². The predicted octanol–water partition coefficient (Wildman–Crippen LogP) is 5.18. The fourth-order valence-corrected chi connectivity index (χ4v) is 4.63. The van der Waals surface area contributed by atoms with Crippen molar-refractivity contribution in [1.82, 2.24) is 25.3 Å². The zero-order valence-electron chi connectivity index (χ0n) is 21.8. The standard InChI is InChI=1S/C29H25FN6O3/c1-29(2,3)39-28(38)32-15-23-24-20(27(37)35-34-23)12-11-18(25(24)30)22-14-33-36(4)26(22)19-10-9-16-7-5-6-8-17(16)21(19)13-31/h5-12,14H,15H2,1-4H3,(H,32,38)(H,35,37). The number of amides is 1. The largest absolute Gasteiger partial charge is 0.444 e. The summed E-state index contributed by atoms with van der Waals surface area (Å²) >= 11 is 0. The third-order valence-electron chi connectivity index (χ3n) is 6.29. The summed E-state index contributed by atoms with van der Waals surface area (Å²) in [6, 6.07) is 16.6. The molecular weight excluding hydrogens is 499 g/mol.